The molecule has 0 bridgehead atoms. The van der Waals surface area contributed by atoms with Gasteiger partial charge in [0, 0.05) is 6.04 Å². The molecule has 1 amide bonds. The van der Waals surface area contributed by atoms with E-state index in [1.165, 1.54) is 5.56 Å². The van der Waals surface area contributed by atoms with Crippen molar-refractivity contribution in [3.63, 3.8) is 0 Å². The highest BCUT2D eigenvalue weighted by Gasteiger charge is 2.49. The zero-order valence-corrected chi connectivity index (χ0v) is 23.8. The van der Waals surface area contributed by atoms with E-state index in [1.807, 2.05) is 45.9 Å². The first-order valence-electron chi connectivity index (χ1n) is 14.5. The van der Waals surface area contributed by atoms with Crippen LogP contribution in [0.5, 0.6) is 0 Å². The average molecular weight is 529 g/mol. The molecule has 0 saturated heterocycles. The molecule has 0 aromatic heterocycles. The number of esters is 2. The fourth-order valence-corrected chi connectivity index (χ4v) is 6.51. The van der Waals surface area contributed by atoms with Gasteiger partial charge in [0.25, 0.3) is 0 Å². The molecule has 2 fully saturated rings. The summed E-state index contributed by atoms with van der Waals surface area (Å²) in [7, 11) is 0. The largest absolute Gasteiger partial charge is 0.466 e. The highest BCUT2D eigenvalue weighted by molar-refractivity contribution is 5.84. The number of aryl methyl sites for hydroxylation is 1. The molecule has 0 radical (unpaired) electrons. The maximum absolute atomic E-state index is 13.9. The van der Waals surface area contributed by atoms with Crippen LogP contribution in [0.15, 0.2) is 30.3 Å². The number of amides is 1. The van der Waals surface area contributed by atoms with Crippen molar-refractivity contribution in [1.82, 2.24) is 5.32 Å². The summed E-state index contributed by atoms with van der Waals surface area (Å²) in [6, 6.07) is 10.3. The molecule has 1 aromatic carbocycles. The molecule has 0 spiro atoms. The van der Waals surface area contributed by atoms with Gasteiger partial charge < -0.3 is 20.5 Å². The zero-order chi connectivity index (χ0) is 27.8. The smallest absolute Gasteiger partial charge is 0.309 e. The average Bonchev–Trinajstić information content (AvgIpc) is 3.37. The lowest BCUT2D eigenvalue weighted by Crippen LogP contribution is -2.52. The van der Waals surface area contributed by atoms with Crippen molar-refractivity contribution in [2.45, 2.75) is 104 Å². The van der Waals surface area contributed by atoms with Crippen LogP contribution in [0.4, 0.5) is 0 Å². The molecule has 2 aliphatic rings. The SMILES string of the molecule is CCOC(=O)C1CCC(NC(=O)C2(C(CN)CC(=O)OC(C)(C)C)CCCC2)CC1CCc1ccccc1. The number of rotatable bonds is 11. The van der Waals surface area contributed by atoms with Crippen LogP contribution in [0.1, 0.15) is 91.0 Å². The Labute approximate surface area is 228 Å². The fourth-order valence-electron chi connectivity index (χ4n) is 6.51. The highest BCUT2D eigenvalue weighted by atomic mass is 16.6. The predicted molar refractivity (Wildman–Crippen MR) is 148 cm³/mol. The summed E-state index contributed by atoms with van der Waals surface area (Å²) >= 11 is 0. The summed E-state index contributed by atoms with van der Waals surface area (Å²) in [6.07, 6.45) is 7.47. The van der Waals surface area contributed by atoms with Crippen molar-refractivity contribution < 1.29 is 23.9 Å². The monoisotopic (exact) mass is 528 g/mol. The lowest BCUT2D eigenvalue weighted by molar-refractivity contribution is -0.157. The van der Waals surface area contributed by atoms with E-state index in [2.05, 4.69) is 17.4 Å². The molecule has 212 valence electrons. The van der Waals surface area contributed by atoms with E-state index < -0.39 is 11.0 Å². The highest BCUT2D eigenvalue weighted by Crippen LogP contribution is 2.46. The summed E-state index contributed by atoms with van der Waals surface area (Å²) < 4.78 is 11.0. The minimum absolute atomic E-state index is 0.00799. The van der Waals surface area contributed by atoms with Crippen LogP contribution in [0.25, 0.3) is 0 Å². The summed E-state index contributed by atoms with van der Waals surface area (Å²) in [5.74, 6) is -0.678. The molecule has 1 aromatic rings. The summed E-state index contributed by atoms with van der Waals surface area (Å²) in [4.78, 5) is 39.3. The van der Waals surface area contributed by atoms with E-state index in [0.717, 1.165) is 51.4 Å². The Morgan fingerprint density at radius 2 is 1.79 bits per heavy atom. The van der Waals surface area contributed by atoms with Gasteiger partial charge in [0.2, 0.25) is 5.91 Å². The number of nitrogens with two attached hydrogens (primary N) is 1. The standard InChI is InChI=1S/C31H48N2O5/c1-5-37-28(35)26-16-15-25(19-23(26)14-13-22-11-7-6-8-12-22)33-29(36)31(17-9-10-18-31)24(21-32)20-27(34)38-30(2,3)4/h6-8,11-12,23-26H,5,9-10,13-21,32H2,1-4H3,(H,33,36). The minimum atomic E-state index is -0.650. The first-order valence-corrected chi connectivity index (χ1v) is 14.5. The van der Waals surface area contributed by atoms with Crippen molar-refractivity contribution in [3.05, 3.63) is 35.9 Å². The first kappa shape index (κ1) is 30.1. The molecule has 7 heteroatoms. The van der Waals surface area contributed by atoms with E-state index in [-0.39, 0.29) is 54.6 Å². The molecular formula is C31H48N2O5. The number of hydrogen-bond donors (Lipinski definition) is 2. The topological polar surface area (TPSA) is 108 Å². The quantitative estimate of drug-likeness (QED) is 0.394. The number of carbonyl (C=O) groups excluding carboxylic acids is 3. The van der Waals surface area contributed by atoms with E-state index >= 15 is 0 Å². The summed E-state index contributed by atoms with van der Waals surface area (Å²) in [6.45, 7) is 8.03. The molecule has 3 N–H and O–H groups in total. The number of benzene rings is 1. The second-order valence-corrected chi connectivity index (χ2v) is 12.2. The first-order chi connectivity index (χ1) is 18.1. The second-order valence-electron chi connectivity index (χ2n) is 12.2. The molecule has 3 rings (SSSR count). The zero-order valence-electron chi connectivity index (χ0n) is 23.8. The van der Waals surface area contributed by atoms with Crippen LogP contribution in [0.3, 0.4) is 0 Å². The van der Waals surface area contributed by atoms with Gasteiger partial charge in [0.1, 0.15) is 5.60 Å². The Bertz CT molecular complexity index is 920. The summed E-state index contributed by atoms with van der Waals surface area (Å²) in [5, 5.41) is 3.36. The third-order valence-corrected chi connectivity index (χ3v) is 8.40. The lowest BCUT2D eigenvalue weighted by Gasteiger charge is -2.40. The second kappa shape index (κ2) is 13.6. The van der Waals surface area contributed by atoms with Crippen molar-refractivity contribution in [1.29, 1.82) is 0 Å². The van der Waals surface area contributed by atoms with E-state index in [1.54, 1.807) is 0 Å². The van der Waals surface area contributed by atoms with Crippen molar-refractivity contribution in [3.8, 4) is 0 Å². The Morgan fingerprint density at radius 1 is 1.11 bits per heavy atom. The Kier molecular flexibility index (Phi) is 10.8. The van der Waals surface area contributed by atoms with Crippen LogP contribution in [0, 0.1) is 23.2 Å². The van der Waals surface area contributed by atoms with Gasteiger partial charge in [-0.25, -0.2) is 0 Å². The van der Waals surface area contributed by atoms with Crippen molar-refractivity contribution in [2.24, 2.45) is 28.9 Å². The third kappa shape index (κ3) is 8.05. The van der Waals surface area contributed by atoms with Crippen molar-refractivity contribution in [2.75, 3.05) is 13.2 Å². The molecule has 7 nitrogen and oxygen atoms in total. The van der Waals surface area contributed by atoms with Gasteiger partial charge >= 0.3 is 11.9 Å². The van der Waals surface area contributed by atoms with Crippen LogP contribution in [-0.4, -0.2) is 42.6 Å². The number of hydrogen-bond acceptors (Lipinski definition) is 6. The summed E-state index contributed by atoms with van der Waals surface area (Å²) in [5.41, 5.74) is 6.20. The predicted octanol–water partition coefficient (Wildman–Crippen LogP) is 4.95. The lowest BCUT2D eigenvalue weighted by atomic mass is 9.70. The van der Waals surface area contributed by atoms with Gasteiger partial charge in [-0.15, -0.1) is 0 Å². The molecule has 2 aliphatic carbocycles. The van der Waals surface area contributed by atoms with Crippen LogP contribution in [-0.2, 0) is 30.3 Å². The number of carbonyl (C=O) groups is 3. The van der Waals surface area contributed by atoms with Gasteiger partial charge in [0.05, 0.1) is 24.4 Å². The van der Waals surface area contributed by atoms with Crippen LogP contribution >= 0.6 is 0 Å². The van der Waals surface area contributed by atoms with E-state index in [4.69, 9.17) is 15.2 Å². The molecule has 4 unspecified atom stereocenters. The van der Waals surface area contributed by atoms with Gasteiger partial charge in [-0.3, -0.25) is 14.4 Å². The molecule has 38 heavy (non-hydrogen) atoms. The Hall–Kier alpha value is -2.41. The van der Waals surface area contributed by atoms with Gasteiger partial charge in [-0.1, -0.05) is 43.2 Å². The maximum atomic E-state index is 13.9. The number of nitrogens with one attached hydrogen (secondary N) is 1. The number of ether oxygens (including phenoxy) is 2. The molecule has 0 aliphatic heterocycles. The van der Waals surface area contributed by atoms with Crippen LogP contribution in [0.2, 0.25) is 0 Å². The Morgan fingerprint density at radius 3 is 2.39 bits per heavy atom. The normalized spacial score (nSPS) is 23.9. The van der Waals surface area contributed by atoms with E-state index in [0.29, 0.717) is 13.0 Å². The van der Waals surface area contributed by atoms with Crippen LogP contribution < -0.4 is 11.1 Å². The maximum Gasteiger partial charge on any atom is 0.309 e. The van der Waals surface area contributed by atoms with Gasteiger partial charge in [-0.05, 0) is 96.6 Å². The minimum Gasteiger partial charge on any atom is -0.466 e. The molecule has 2 saturated carbocycles. The third-order valence-electron chi connectivity index (χ3n) is 8.40. The van der Waals surface area contributed by atoms with Gasteiger partial charge in [-0.2, -0.15) is 0 Å². The molecule has 4 atom stereocenters. The van der Waals surface area contributed by atoms with Gasteiger partial charge in [0.15, 0.2) is 0 Å². The van der Waals surface area contributed by atoms with E-state index in [9.17, 15) is 14.4 Å². The molecular weight excluding hydrogens is 480 g/mol. The van der Waals surface area contributed by atoms with Crippen molar-refractivity contribution >= 4 is 17.8 Å². The molecule has 0 heterocycles. The fraction of sp³-hybridized carbons (Fsp3) is 0.710. The Balaban J connectivity index is 1.70.